The van der Waals surface area contributed by atoms with Gasteiger partial charge in [-0.05, 0) is 43.9 Å². The maximum absolute atomic E-state index is 6.00. The molecule has 0 aromatic carbocycles. The Morgan fingerprint density at radius 1 is 0.909 bits per heavy atom. The SMILES string of the molecule is NC1CCC2CCC(N)C2C1. The molecule has 2 fully saturated rings. The highest BCUT2D eigenvalue weighted by molar-refractivity contribution is 4.92. The van der Waals surface area contributed by atoms with E-state index in [1.807, 2.05) is 0 Å². The molecule has 0 radical (unpaired) electrons. The minimum atomic E-state index is 0.445. The van der Waals surface area contributed by atoms with Gasteiger partial charge in [0.1, 0.15) is 0 Å². The summed E-state index contributed by atoms with van der Waals surface area (Å²) in [4.78, 5) is 0. The third-order valence-corrected chi connectivity index (χ3v) is 3.51. The quantitative estimate of drug-likeness (QED) is 0.543. The topological polar surface area (TPSA) is 52.0 Å². The third-order valence-electron chi connectivity index (χ3n) is 3.51. The van der Waals surface area contributed by atoms with Crippen molar-refractivity contribution in [1.82, 2.24) is 0 Å². The van der Waals surface area contributed by atoms with E-state index in [0.29, 0.717) is 12.1 Å². The second kappa shape index (κ2) is 2.76. The molecule has 4 N–H and O–H groups in total. The lowest BCUT2D eigenvalue weighted by Crippen LogP contribution is -2.37. The lowest BCUT2D eigenvalue weighted by Gasteiger charge is -2.31. The second-order valence-electron chi connectivity index (χ2n) is 4.24. The monoisotopic (exact) mass is 154 g/mol. The van der Waals surface area contributed by atoms with Gasteiger partial charge in [-0.1, -0.05) is 0 Å². The van der Waals surface area contributed by atoms with E-state index in [9.17, 15) is 0 Å². The number of hydrogen-bond donors (Lipinski definition) is 2. The van der Waals surface area contributed by atoms with E-state index in [1.54, 1.807) is 0 Å². The molecule has 2 aliphatic rings. The molecule has 2 rings (SSSR count). The van der Waals surface area contributed by atoms with Gasteiger partial charge in [-0.25, -0.2) is 0 Å². The molecular formula is C9H18N2. The Hall–Kier alpha value is -0.0800. The van der Waals surface area contributed by atoms with Crippen molar-refractivity contribution in [2.24, 2.45) is 23.3 Å². The fraction of sp³-hybridized carbons (Fsp3) is 1.00. The van der Waals surface area contributed by atoms with Crippen molar-refractivity contribution in [3.05, 3.63) is 0 Å². The van der Waals surface area contributed by atoms with Crippen molar-refractivity contribution in [2.75, 3.05) is 0 Å². The molecule has 0 amide bonds. The van der Waals surface area contributed by atoms with Crippen molar-refractivity contribution >= 4 is 0 Å². The zero-order chi connectivity index (χ0) is 7.84. The molecular weight excluding hydrogens is 136 g/mol. The first kappa shape index (κ1) is 7.56. The van der Waals surface area contributed by atoms with Gasteiger partial charge in [-0.3, -0.25) is 0 Å². The Morgan fingerprint density at radius 3 is 2.45 bits per heavy atom. The largest absolute Gasteiger partial charge is 0.328 e. The minimum Gasteiger partial charge on any atom is -0.328 e. The van der Waals surface area contributed by atoms with Gasteiger partial charge >= 0.3 is 0 Å². The molecule has 0 aromatic heterocycles. The molecule has 4 unspecified atom stereocenters. The predicted octanol–water partition coefficient (Wildman–Crippen LogP) is 0.851. The summed E-state index contributed by atoms with van der Waals surface area (Å²) in [7, 11) is 0. The minimum absolute atomic E-state index is 0.445. The van der Waals surface area contributed by atoms with E-state index in [1.165, 1.54) is 32.1 Å². The van der Waals surface area contributed by atoms with Crippen molar-refractivity contribution in [2.45, 2.75) is 44.2 Å². The first-order valence-corrected chi connectivity index (χ1v) is 4.78. The van der Waals surface area contributed by atoms with Crippen LogP contribution in [0.15, 0.2) is 0 Å². The Balaban J connectivity index is 2.01. The fourth-order valence-corrected chi connectivity index (χ4v) is 2.81. The molecule has 4 atom stereocenters. The molecule has 2 aliphatic carbocycles. The zero-order valence-corrected chi connectivity index (χ0v) is 7.00. The Labute approximate surface area is 68.3 Å². The van der Waals surface area contributed by atoms with Crippen LogP contribution in [0.4, 0.5) is 0 Å². The van der Waals surface area contributed by atoms with Crippen molar-refractivity contribution in [3.8, 4) is 0 Å². The van der Waals surface area contributed by atoms with E-state index >= 15 is 0 Å². The summed E-state index contributed by atoms with van der Waals surface area (Å²) in [5, 5.41) is 0. The van der Waals surface area contributed by atoms with Crippen LogP contribution in [-0.4, -0.2) is 12.1 Å². The van der Waals surface area contributed by atoms with E-state index in [-0.39, 0.29) is 0 Å². The Morgan fingerprint density at radius 2 is 1.64 bits per heavy atom. The van der Waals surface area contributed by atoms with Crippen LogP contribution in [0.2, 0.25) is 0 Å². The molecule has 0 spiro atoms. The third kappa shape index (κ3) is 1.30. The molecule has 0 bridgehead atoms. The molecule has 0 aliphatic heterocycles. The first-order chi connectivity index (χ1) is 5.27. The average Bonchev–Trinajstić information content (AvgIpc) is 2.33. The summed E-state index contributed by atoms with van der Waals surface area (Å²) in [5.41, 5.74) is 11.9. The number of nitrogens with two attached hydrogens (primary N) is 2. The summed E-state index contributed by atoms with van der Waals surface area (Å²) in [6.07, 6.45) is 6.35. The molecule has 0 aromatic rings. The Bertz CT molecular complexity index is 146. The number of rotatable bonds is 0. The summed E-state index contributed by atoms with van der Waals surface area (Å²) in [6.45, 7) is 0. The van der Waals surface area contributed by atoms with Crippen LogP contribution in [0.5, 0.6) is 0 Å². The van der Waals surface area contributed by atoms with Crippen LogP contribution >= 0.6 is 0 Å². The van der Waals surface area contributed by atoms with Crippen LogP contribution in [-0.2, 0) is 0 Å². The normalized spacial score (nSPS) is 50.7. The van der Waals surface area contributed by atoms with Crippen LogP contribution in [0.25, 0.3) is 0 Å². The van der Waals surface area contributed by atoms with E-state index in [2.05, 4.69) is 0 Å². The summed E-state index contributed by atoms with van der Waals surface area (Å²) in [5.74, 6) is 1.68. The van der Waals surface area contributed by atoms with Gasteiger partial charge in [0.05, 0.1) is 0 Å². The molecule has 0 saturated heterocycles. The van der Waals surface area contributed by atoms with Gasteiger partial charge in [0.2, 0.25) is 0 Å². The zero-order valence-electron chi connectivity index (χ0n) is 7.00. The molecule has 2 nitrogen and oxygen atoms in total. The van der Waals surface area contributed by atoms with Crippen LogP contribution in [0.3, 0.4) is 0 Å². The van der Waals surface area contributed by atoms with E-state index < -0.39 is 0 Å². The summed E-state index contributed by atoms with van der Waals surface area (Å²) >= 11 is 0. The highest BCUT2D eigenvalue weighted by Crippen LogP contribution is 2.40. The van der Waals surface area contributed by atoms with Crippen molar-refractivity contribution in [3.63, 3.8) is 0 Å². The van der Waals surface area contributed by atoms with Gasteiger partial charge in [-0.2, -0.15) is 0 Å². The fourth-order valence-electron chi connectivity index (χ4n) is 2.81. The van der Waals surface area contributed by atoms with Gasteiger partial charge in [-0.15, -0.1) is 0 Å². The molecule has 2 heteroatoms. The smallest absolute Gasteiger partial charge is 0.00704 e. The van der Waals surface area contributed by atoms with Gasteiger partial charge in [0, 0.05) is 12.1 Å². The van der Waals surface area contributed by atoms with Gasteiger partial charge in [0.15, 0.2) is 0 Å². The van der Waals surface area contributed by atoms with Crippen LogP contribution in [0.1, 0.15) is 32.1 Å². The van der Waals surface area contributed by atoms with Crippen LogP contribution in [0, 0.1) is 11.8 Å². The average molecular weight is 154 g/mol. The first-order valence-electron chi connectivity index (χ1n) is 4.78. The molecule has 0 heterocycles. The molecule has 2 saturated carbocycles. The standard InChI is InChI=1S/C9H18N2/c10-7-3-1-6-2-4-9(11)8(6)5-7/h6-9H,1-5,10-11H2. The van der Waals surface area contributed by atoms with Crippen molar-refractivity contribution < 1.29 is 0 Å². The highest BCUT2D eigenvalue weighted by Gasteiger charge is 2.37. The van der Waals surface area contributed by atoms with E-state index in [0.717, 1.165) is 11.8 Å². The lowest BCUT2D eigenvalue weighted by atomic mass is 9.78. The van der Waals surface area contributed by atoms with Gasteiger partial charge in [0.25, 0.3) is 0 Å². The van der Waals surface area contributed by atoms with Crippen molar-refractivity contribution in [1.29, 1.82) is 0 Å². The maximum atomic E-state index is 6.00. The van der Waals surface area contributed by atoms with Crippen LogP contribution < -0.4 is 11.5 Å². The maximum Gasteiger partial charge on any atom is 0.00704 e. The van der Waals surface area contributed by atoms with E-state index in [4.69, 9.17) is 11.5 Å². The van der Waals surface area contributed by atoms with Gasteiger partial charge < -0.3 is 11.5 Å². The lowest BCUT2D eigenvalue weighted by molar-refractivity contribution is 0.237. The predicted molar refractivity (Wildman–Crippen MR) is 46.0 cm³/mol. The number of fused-ring (bicyclic) bond motifs is 1. The highest BCUT2D eigenvalue weighted by atomic mass is 14.7. The molecule has 64 valence electrons. The second-order valence-corrected chi connectivity index (χ2v) is 4.24. The molecule has 11 heavy (non-hydrogen) atoms. The summed E-state index contributed by atoms with van der Waals surface area (Å²) < 4.78 is 0. The number of hydrogen-bond acceptors (Lipinski definition) is 2. The summed E-state index contributed by atoms with van der Waals surface area (Å²) in [6, 6.07) is 0.909. The Kier molecular flexibility index (Phi) is 1.90.